The summed E-state index contributed by atoms with van der Waals surface area (Å²) in [5.74, 6) is 0. The molecule has 388 valence electrons. The van der Waals surface area contributed by atoms with Gasteiger partial charge in [-0.05, 0) is 185 Å². The Hall–Kier alpha value is -3.64. The van der Waals surface area contributed by atoms with Crippen LogP contribution in [0.2, 0.25) is 0 Å². The molecule has 0 heteroatoms. The van der Waals surface area contributed by atoms with Crippen LogP contribution in [0, 0.1) is 5.41 Å². The van der Waals surface area contributed by atoms with Crippen LogP contribution in [0.4, 0.5) is 0 Å². The molecule has 0 unspecified atom stereocenters. The minimum absolute atomic E-state index is 0.169. The zero-order valence-electron chi connectivity index (χ0n) is 50.8. The van der Waals surface area contributed by atoms with Gasteiger partial charge in [-0.3, -0.25) is 0 Å². The van der Waals surface area contributed by atoms with E-state index in [2.05, 4.69) is 289 Å². The van der Waals surface area contributed by atoms with Crippen molar-refractivity contribution in [1.29, 1.82) is 0 Å². The van der Waals surface area contributed by atoms with E-state index in [4.69, 9.17) is 0 Å². The van der Waals surface area contributed by atoms with Crippen molar-refractivity contribution in [2.45, 2.75) is 257 Å². The van der Waals surface area contributed by atoms with E-state index in [0.717, 1.165) is 19.3 Å². The summed E-state index contributed by atoms with van der Waals surface area (Å²) in [6, 6.07) is 21.7. The van der Waals surface area contributed by atoms with Gasteiger partial charge in [0.15, 0.2) is 0 Å². The molecule has 67 heavy (non-hydrogen) atoms. The van der Waals surface area contributed by atoms with E-state index in [9.17, 15) is 0 Å². The van der Waals surface area contributed by atoms with Crippen molar-refractivity contribution in [2.75, 3.05) is 0 Å². The van der Waals surface area contributed by atoms with Gasteiger partial charge in [0, 0.05) is 5.41 Å². The Morgan fingerprint density at radius 2 is 0.731 bits per heavy atom. The molecule has 0 N–H and O–H groups in total. The Bertz CT molecular complexity index is 1460. The largest absolute Gasteiger partial charge is 0.0917 e. The Morgan fingerprint density at radius 1 is 0.418 bits per heavy atom. The molecule has 0 spiro atoms. The minimum atomic E-state index is 0.169. The van der Waals surface area contributed by atoms with Crippen molar-refractivity contribution >= 4 is 0 Å². The summed E-state index contributed by atoms with van der Waals surface area (Å²) in [6.07, 6.45) is 27.7. The number of benzene rings is 2. The van der Waals surface area contributed by atoms with Crippen LogP contribution in [0.25, 0.3) is 0 Å². The lowest BCUT2D eigenvalue weighted by Crippen LogP contribution is -2.25. The van der Waals surface area contributed by atoms with Gasteiger partial charge >= 0.3 is 0 Å². The fourth-order valence-corrected chi connectivity index (χ4v) is 5.42. The van der Waals surface area contributed by atoms with Crippen molar-refractivity contribution in [1.82, 2.24) is 0 Å². The molecule has 0 fully saturated rings. The maximum absolute atomic E-state index is 2.28. The molecule has 2 rings (SSSR count). The number of allylic oxidation sites excluding steroid dienone is 16. The summed E-state index contributed by atoms with van der Waals surface area (Å²) in [7, 11) is 0. The third-order valence-corrected chi connectivity index (χ3v) is 11.1. The lowest BCUT2D eigenvalue weighted by Gasteiger charge is -2.33. The van der Waals surface area contributed by atoms with Gasteiger partial charge in [-0.15, -0.1) is 0 Å². The van der Waals surface area contributed by atoms with Crippen LogP contribution in [0.3, 0.4) is 0 Å². The molecule has 0 saturated carbocycles. The lowest BCUT2D eigenvalue weighted by molar-refractivity contribution is 0.478. The van der Waals surface area contributed by atoms with Gasteiger partial charge in [0.25, 0.3) is 0 Å². The first-order valence-corrected chi connectivity index (χ1v) is 26.5. The van der Waals surface area contributed by atoms with Gasteiger partial charge in [-0.25, -0.2) is 0 Å². The molecular formula is C67H120. The quantitative estimate of drug-likeness (QED) is 0.197. The lowest BCUT2D eigenvalue weighted by atomic mass is 9.71. The molecule has 0 aliphatic carbocycles. The van der Waals surface area contributed by atoms with Crippen LogP contribution in [0.5, 0.6) is 0 Å². The molecule has 0 atom stereocenters. The average molecular weight is 926 g/mol. The predicted octanol–water partition coefficient (Wildman–Crippen LogP) is 24.3. The Kier molecular flexibility index (Phi) is 63.6. The zero-order valence-corrected chi connectivity index (χ0v) is 50.8. The summed E-state index contributed by atoms with van der Waals surface area (Å²) < 4.78 is 0. The van der Waals surface area contributed by atoms with Crippen molar-refractivity contribution in [3.63, 3.8) is 0 Å². The Morgan fingerprint density at radius 3 is 0.806 bits per heavy atom. The second kappa shape index (κ2) is 55.0. The summed E-state index contributed by atoms with van der Waals surface area (Å²) in [4.78, 5) is 0. The third-order valence-electron chi connectivity index (χ3n) is 11.1. The smallest absolute Gasteiger partial charge is 0.0197 e. The number of hydrogen-bond donors (Lipinski definition) is 0. The van der Waals surface area contributed by atoms with Crippen LogP contribution < -0.4 is 0 Å². The predicted molar refractivity (Wildman–Crippen MR) is 321 cm³/mol. The summed E-state index contributed by atoms with van der Waals surface area (Å²) in [5.41, 5.74) is 15.1. The molecule has 0 radical (unpaired) electrons. The second-order valence-corrected chi connectivity index (χ2v) is 19.0. The maximum Gasteiger partial charge on any atom is 0.0197 e. The first-order chi connectivity index (χ1) is 31.3. The van der Waals surface area contributed by atoms with Crippen LogP contribution in [-0.2, 0) is 5.41 Å². The normalized spacial score (nSPS) is 10.4. The summed E-state index contributed by atoms with van der Waals surface area (Å²) in [6.45, 7) is 60.1. The first-order valence-electron chi connectivity index (χ1n) is 26.5. The second-order valence-electron chi connectivity index (χ2n) is 19.0. The molecule has 0 heterocycles. The Balaban J connectivity index is -0.000000126. The van der Waals surface area contributed by atoms with E-state index < -0.39 is 0 Å². The first kappa shape index (κ1) is 77.6. The topological polar surface area (TPSA) is 0 Å². The number of rotatable bonds is 11. The van der Waals surface area contributed by atoms with Gasteiger partial charge in [-0.1, -0.05) is 237 Å². The molecule has 0 saturated heterocycles. The molecule has 2 aromatic carbocycles. The molecule has 0 bridgehead atoms. The highest BCUT2D eigenvalue weighted by Crippen LogP contribution is 2.38. The fraction of sp³-hybridized carbons (Fsp3) is 0.582. The molecule has 0 aliphatic heterocycles. The fourth-order valence-electron chi connectivity index (χ4n) is 5.42. The standard InChI is InChI=1S/C17H20.3C7H14.4C6H12.C5H10/c1-3-17(4-2,15-11-7-5-8-12-15)16-13-9-6-10-14-16;1-5-6-7(2,3)4;2*1-5-7(4)6(2)3;2*1-4-5-6(2)3;2*1-4-6(3)5-2;1-3-5-4-2/h5-14H,3-4H2,1-2H3;5-6H,1-4H3;2*5H2,1-4H3;2*5H,4H2,1-3H3;2*4H,5H2,1-3H3;3,5H,4H2,1-2H3/b;6-5-;;;;;2*6-4-;5-3-. The van der Waals surface area contributed by atoms with Crippen LogP contribution in [0.15, 0.2) is 154 Å². The van der Waals surface area contributed by atoms with Crippen molar-refractivity contribution in [3.05, 3.63) is 165 Å². The number of hydrogen-bond acceptors (Lipinski definition) is 0. The SMILES string of the molecule is C/C=C(/C)CC.C/C=C(/C)CC.C/C=C\C(C)(C)C.C/C=C\CC.CCC(C)=C(C)C.CCC(C)=C(C)C.CCC(CC)(c1ccccc1)c1ccccc1.CCC=C(C)C.CCC=C(C)C. The minimum Gasteiger partial charge on any atom is -0.0917 e. The summed E-state index contributed by atoms with van der Waals surface area (Å²) in [5, 5.41) is 0. The average Bonchev–Trinajstić information content (AvgIpc) is 3.30. The monoisotopic (exact) mass is 925 g/mol. The zero-order chi connectivity index (χ0) is 53.9. The summed E-state index contributed by atoms with van der Waals surface area (Å²) >= 11 is 0. The van der Waals surface area contributed by atoms with Gasteiger partial charge in [0.1, 0.15) is 0 Å². The van der Waals surface area contributed by atoms with Crippen molar-refractivity contribution in [3.8, 4) is 0 Å². The molecule has 0 aromatic heterocycles. The van der Waals surface area contributed by atoms with Gasteiger partial charge < -0.3 is 0 Å². The van der Waals surface area contributed by atoms with Crippen molar-refractivity contribution in [2.24, 2.45) is 5.41 Å². The van der Waals surface area contributed by atoms with E-state index in [1.165, 1.54) is 94.2 Å². The molecule has 0 nitrogen and oxygen atoms in total. The molecule has 2 aromatic rings. The van der Waals surface area contributed by atoms with E-state index >= 15 is 0 Å². The van der Waals surface area contributed by atoms with Crippen LogP contribution in [-0.4, -0.2) is 0 Å². The highest BCUT2D eigenvalue weighted by molar-refractivity contribution is 5.38. The molecular weight excluding hydrogens is 805 g/mol. The van der Waals surface area contributed by atoms with E-state index in [1.54, 1.807) is 0 Å². The van der Waals surface area contributed by atoms with Gasteiger partial charge in [0.05, 0.1) is 0 Å². The van der Waals surface area contributed by atoms with Crippen molar-refractivity contribution < 1.29 is 0 Å². The van der Waals surface area contributed by atoms with Gasteiger partial charge in [0.2, 0.25) is 0 Å². The van der Waals surface area contributed by atoms with E-state index in [-0.39, 0.29) is 5.41 Å². The van der Waals surface area contributed by atoms with Crippen LogP contribution >= 0.6 is 0 Å². The molecule has 0 aliphatic rings. The van der Waals surface area contributed by atoms with Crippen LogP contribution in [0.1, 0.15) is 263 Å². The third kappa shape index (κ3) is 58.4. The van der Waals surface area contributed by atoms with Gasteiger partial charge in [-0.2, -0.15) is 0 Å². The van der Waals surface area contributed by atoms with E-state index in [1.807, 2.05) is 13.8 Å². The highest BCUT2D eigenvalue weighted by Gasteiger charge is 2.29. The highest BCUT2D eigenvalue weighted by atomic mass is 14.3. The molecule has 0 amide bonds. The van der Waals surface area contributed by atoms with E-state index in [0.29, 0.717) is 5.41 Å². The maximum atomic E-state index is 2.28. The Labute approximate surface area is 425 Å².